The third kappa shape index (κ3) is 41.6. The second kappa shape index (κ2) is 20.8. The molecule has 0 amide bonds. The van der Waals surface area contributed by atoms with Crippen LogP contribution in [0, 0.1) is 0 Å². The maximum Gasteiger partial charge on any atom is 0.0319 e. The lowest BCUT2D eigenvalue weighted by Crippen LogP contribution is -2.20. The van der Waals surface area contributed by atoms with E-state index in [0.717, 1.165) is 13.7 Å². The Labute approximate surface area is 38.1 Å². The molecular weight excluding hydrogens is 80.0 g/mol. The number of aliphatic hydroxyl groups is 1. The van der Waals surface area contributed by atoms with Crippen molar-refractivity contribution in [2.75, 3.05) is 13.7 Å². The van der Waals surface area contributed by atoms with E-state index >= 15 is 0 Å². The summed E-state index contributed by atoms with van der Waals surface area (Å²) < 4.78 is 0. The zero-order chi connectivity index (χ0) is 5.41. The maximum atomic E-state index is 7.00. The highest BCUT2D eigenvalue weighted by Gasteiger charge is 1.50. The summed E-state index contributed by atoms with van der Waals surface area (Å²) in [6, 6.07) is 0. The standard InChI is InChI=1S/C2H8N2.CH4O/c1-2-4-3;1-2/h4H,2-3H2,1H3;2H,1H3. The Morgan fingerprint density at radius 3 is 1.83 bits per heavy atom. The lowest BCUT2D eigenvalue weighted by atomic mass is 10.8. The van der Waals surface area contributed by atoms with Gasteiger partial charge < -0.3 is 5.11 Å². The summed E-state index contributed by atoms with van der Waals surface area (Å²) in [4.78, 5) is 0. The zero-order valence-corrected chi connectivity index (χ0v) is 4.23. The molecular formula is C3H12N2O. The smallest absolute Gasteiger partial charge is 0.0319 e. The van der Waals surface area contributed by atoms with E-state index in [1.807, 2.05) is 6.92 Å². The van der Waals surface area contributed by atoms with Crippen LogP contribution in [0.15, 0.2) is 0 Å². The van der Waals surface area contributed by atoms with E-state index < -0.39 is 0 Å². The van der Waals surface area contributed by atoms with Crippen molar-refractivity contribution in [1.29, 1.82) is 0 Å². The van der Waals surface area contributed by atoms with Gasteiger partial charge in [-0.3, -0.25) is 11.3 Å². The molecule has 0 spiro atoms. The molecule has 0 saturated carbocycles. The van der Waals surface area contributed by atoms with Gasteiger partial charge in [0.15, 0.2) is 0 Å². The summed E-state index contributed by atoms with van der Waals surface area (Å²) in [5.74, 6) is 4.78. The van der Waals surface area contributed by atoms with Gasteiger partial charge in [-0.15, -0.1) is 0 Å². The average molecular weight is 92.1 g/mol. The highest BCUT2D eigenvalue weighted by molar-refractivity contribution is 4.10. The van der Waals surface area contributed by atoms with E-state index in [0.29, 0.717) is 0 Å². The highest BCUT2D eigenvalue weighted by atomic mass is 16.2. The second-order valence-corrected chi connectivity index (χ2v) is 0.558. The molecule has 3 nitrogen and oxygen atoms in total. The number of aliphatic hydroxyl groups excluding tert-OH is 1. The molecule has 0 rings (SSSR count). The van der Waals surface area contributed by atoms with Crippen LogP contribution in [0.2, 0.25) is 0 Å². The van der Waals surface area contributed by atoms with Gasteiger partial charge in [0.05, 0.1) is 0 Å². The van der Waals surface area contributed by atoms with Crippen molar-refractivity contribution in [2.24, 2.45) is 5.84 Å². The van der Waals surface area contributed by atoms with Gasteiger partial charge in [0.2, 0.25) is 0 Å². The third-order valence-corrected chi connectivity index (χ3v) is 0.204. The summed E-state index contributed by atoms with van der Waals surface area (Å²) >= 11 is 0. The first kappa shape index (κ1) is 9.30. The fourth-order valence-electron chi connectivity index (χ4n) is 0. The molecule has 6 heavy (non-hydrogen) atoms. The van der Waals surface area contributed by atoms with E-state index in [2.05, 4.69) is 5.43 Å². The van der Waals surface area contributed by atoms with E-state index in [1.165, 1.54) is 0 Å². The van der Waals surface area contributed by atoms with Crippen LogP contribution < -0.4 is 11.3 Å². The van der Waals surface area contributed by atoms with E-state index in [-0.39, 0.29) is 0 Å². The average Bonchev–Trinajstić information content (AvgIpc) is 1.72. The third-order valence-electron chi connectivity index (χ3n) is 0.204. The predicted molar refractivity (Wildman–Crippen MR) is 26.0 cm³/mol. The maximum absolute atomic E-state index is 7.00. The number of nitrogens with one attached hydrogen (secondary N) is 1. The van der Waals surface area contributed by atoms with Crippen molar-refractivity contribution < 1.29 is 5.11 Å². The first-order chi connectivity index (χ1) is 2.91. The fraction of sp³-hybridized carbons (Fsp3) is 1.00. The van der Waals surface area contributed by atoms with Crippen molar-refractivity contribution in [3.63, 3.8) is 0 Å². The summed E-state index contributed by atoms with van der Waals surface area (Å²) in [6.07, 6.45) is 0. The molecule has 0 aromatic heterocycles. The van der Waals surface area contributed by atoms with Crippen molar-refractivity contribution >= 4 is 0 Å². The highest BCUT2D eigenvalue weighted by Crippen LogP contribution is 1.30. The Hall–Kier alpha value is -0.120. The molecule has 4 N–H and O–H groups in total. The Kier molecular flexibility index (Phi) is 32.2. The van der Waals surface area contributed by atoms with Crippen LogP contribution in [-0.2, 0) is 0 Å². The molecule has 0 saturated heterocycles. The number of hydrazine groups is 1. The number of nitrogens with two attached hydrogens (primary N) is 1. The van der Waals surface area contributed by atoms with Gasteiger partial charge in [-0.25, -0.2) is 0 Å². The molecule has 0 heterocycles. The SMILES string of the molecule is CCNN.CO. The number of hydrogen-bond donors (Lipinski definition) is 3. The zero-order valence-electron chi connectivity index (χ0n) is 4.23. The van der Waals surface area contributed by atoms with Gasteiger partial charge in [0, 0.05) is 13.7 Å². The van der Waals surface area contributed by atoms with E-state index in [4.69, 9.17) is 10.9 Å². The van der Waals surface area contributed by atoms with Crippen molar-refractivity contribution in [3.8, 4) is 0 Å². The molecule has 0 aliphatic heterocycles. The second-order valence-electron chi connectivity index (χ2n) is 0.558. The summed E-state index contributed by atoms with van der Waals surface area (Å²) in [5, 5.41) is 7.00. The van der Waals surface area contributed by atoms with Crippen molar-refractivity contribution in [1.82, 2.24) is 5.43 Å². The fourth-order valence-corrected chi connectivity index (χ4v) is 0. The van der Waals surface area contributed by atoms with Crippen LogP contribution in [0.5, 0.6) is 0 Å². The van der Waals surface area contributed by atoms with Gasteiger partial charge in [-0.2, -0.15) is 0 Å². The minimum atomic E-state index is 0.847. The topological polar surface area (TPSA) is 58.3 Å². The minimum absolute atomic E-state index is 0.847. The molecule has 0 atom stereocenters. The van der Waals surface area contributed by atoms with Gasteiger partial charge in [-0.1, -0.05) is 6.92 Å². The van der Waals surface area contributed by atoms with E-state index in [9.17, 15) is 0 Å². The molecule has 0 aliphatic rings. The molecule has 0 fully saturated rings. The van der Waals surface area contributed by atoms with Crippen LogP contribution in [0.25, 0.3) is 0 Å². The molecule has 0 unspecified atom stereocenters. The van der Waals surface area contributed by atoms with Gasteiger partial charge in [0.1, 0.15) is 0 Å². The van der Waals surface area contributed by atoms with Crippen LogP contribution in [0.1, 0.15) is 6.92 Å². The summed E-state index contributed by atoms with van der Waals surface area (Å²) in [7, 11) is 1.00. The Morgan fingerprint density at radius 1 is 1.67 bits per heavy atom. The van der Waals surface area contributed by atoms with Gasteiger partial charge in [0.25, 0.3) is 0 Å². The van der Waals surface area contributed by atoms with Gasteiger partial charge in [-0.05, 0) is 0 Å². The first-order valence-electron chi connectivity index (χ1n) is 1.80. The van der Waals surface area contributed by atoms with E-state index in [1.54, 1.807) is 0 Å². The normalized spacial score (nSPS) is 6.00. The molecule has 0 aliphatic carbocycles. The largest absolute Gasteiger partial charge is 0.400 e. The number of rotatable bonds is 1. The number of hydrogen-bond acceptors (Lipinski definition) is 3. The van der Waals surface area contributed by atoms with Crippen molar-refractivity contribution in [2.45, 2.75) is 6.92 Å². The predicted octanol–water partition coefficient (Wildman–Crippen LogP) is -0.922. The summed E-state index contributed by atoms with van der Waals surface area (Å²) in [5.41, 5.74) is 2.43. The summed E-state index contributed by atoms with van der Waals surface area (Å²) in [6.45, 7) is 2.79. The molecule has 0 bridgehead atoms. The molecule has 40 valence electrons. The minimum Gasteiger partial charge on any atom is -0.400 e. The Morgan fingerprint density at radius 2 is 1.83 bits per heavy atom. The lowest BCUT2D eigenvalue weighted by Gasteiger charge is -1.77. The van der Waals surface area contributed by atoms with Gasteiger partial charge >= 0.3 is 0 Å². The quantitative estimate of drug-likeness (QED) is 0.289. The lowest BCUT2D eigenvalue weighted by molar-refractivity contribution is 0.399. The molecule has 3 heteroatoms. The molecule has 0 aromatic carbocycles. The van der Waals surface area contributed by atoms with Crippen molar-refractivity contribution in [3.05, 3.63) is 0 Å². The Balaban J connectivity index is 0. The first-order valence-corrected chi connectivity index (χ1v) is 1.80. The molecule has 0 radical (unpaired) electrons. The van der Waals surface area contributed by atoms with Crippen LogP contribution >= 0.6 is 0 Å². The monoisotopic (exact) mass is 92.1 g/mol. The van der Waals surface area contributed by atoms with Crippen LogP contribution in [0.4, 0.5) is 0 Å². The van der Waals surface area contributed by atoms with Crippen LogP contribution in [0.3, 0.4) is 0 Å². The molecule has 0 aromatic rings. The van der Waals surface area contributed by atoms with Crippen LogP contribution in [-0.4, -0.2) is 18.8 Å². The Bertz CT molecular complexity index is 10.8.